The summed E-state index contributed by atoms with van der Waals surface area (Å²) in [5.74, 6) is 1.88. The number of esters is 1. The van der Waals surface area contributed by atoms with Crippen LogP contribution in [0.3, 0.4) is 0 Å². The Bertz CT molecular complexity index is 1690. The third-order valence-electron chi connectivity index (χ3n) is 6.13. The molecule has 6 rings (SSSR count). The van der Waals surface area contributed by atoms with E-state index in [9.17, 15) is 4.79 Å². The molecule has 37 heavy (non-hydrogen) atoms. The SMILES string of the molecule is COC(=O)C1COC(c2cnc3ccnn3c2Nc2ccc(Oc3ccc4c(c3)ncn4C)c(C)c2)=N1. The molecule has 186 valence electrons. The number of hydrogen-bond acceptors (Lipinski definition) is 9. The summed E-state index contributed by atoms with van der Waals surface area (Å²) in [7, 11) is 3.28. The van der Waals surface area contributed by atoms with E-state index in [4.69, 9.17) is 14.2 Å². The summed E-state index contributed by atoms with van der Waals surface area (Å²) in [5, 5.41) is 7.81. The zero-order valence-corrected chi connectivity index (χ0v) is 20.4. The molecule has 0 bridgehead atoms. The number of carbonyl (C=O) groups excluding carboxylic acids is 1. The van der Waals surface area contributed by atoms with Gasteiger partial charge in [-0.1, -0.05) is 0 Å². The van der Waals surface area contributed by atoms with Crippen molar-refractivity contribution in [2.45, 2.75) is 13.0 Å². The van der Waals surface area contributed by atoms with Crippen LogP contribution < -0.4 is 10.1 Å². The first-order valence-corrected chi connectivity index (χ1v) is 11.6. The maximum absolute atomic E-state index is 11.9. The molecule has 0 amide bonds. The molecule has 1 atom stereocenters. The minimum Gasteiger partial charge on any atom is -0.474 e. The third-order valence-corrected chi connectivity index (χ3v) is 6.13. The Morgan fingerprint density at radius 3 is 2.89 bits per heavy atom. The van der Waals surface area contributed by atoms with Crippen molar-refractivity contribution in [1.82, 2.24) is 24.1 Å². The number of hydrogen-bond donors (Lipinski definition) is 1. The third kappa shape index (κ3) is 4.10. The minimum absolute atomic E-state index is 0.105. The van der Waals surface area contributed by atoms with Gasteiger partial charge in [-0.25, -0.2) is 19.8 Å². The van der Waals surface area contributed by atoms with Crippen molar-refractivity contribution < 1.29 is 19.0 Å². The Hall–Kier alpha value is -4.93. The van der Waals surface area contributed by atoms with E-state index in [1.165, 1.54) is 7.11 Å². The molecule has 0 fully saturated rings. The van der Waals surface area contributed by atoms with E-state index in [-0.39, 0.29) is 6.61 Å². The van der Waals surface area contributed by atoms with E-state index in [2.05, 4.69) is 25.4 Å². The summed E-state index contributed by atoms with van der Waals surface area (Å²) in [6, 6.07) is 12.7. The molecule has 1 aliphatic heterocycles. The van der Waals surface area contributed by atoms with Crippen molar-refractivity contribution in [2.24, 2.45) is 12.0 Å². The highest BCUT2D eigenvalue weighted by Crippen LogP contribution is 2.31. The Balaban J connectivity index is 1.30. The number of imidazole rings is 1. The second kappa shape index (κ2) is 8.94. The maximum atomic E-state index is 11.9. The Morgan fingerprint density at radius 1 is 1.16 bits per heavy atom. The highest BCUT2D eigenvalue weighted by atomic mass is 16.5. The van der Waals surface area contributed by atoms with Gasteiger partial charge in [0.2, 0.25) is 5.90 Å². The van der Waals surface area contributed by atoms with Crippen LogP contribution in [-0.4, -0.2) is 55.8 Å². The quantitative estimate of drug-likeness (QED) is 0.352. The van der Waals surface area contributed by atoms with Crippen LogP contribution in [0, 0.1) is 6.92 Å². The number of fused-ring (bicyclic) bond motifs is 2. The molecule has 0 saturated heterocycles. The lowest BCUT2D eigenvalue weighted by Gasteiger charge is -2.15. The second-order valence-electron chi connectivity index (χ2n) is 8.62. The summed E-state index contributed by atoms with van der Waals surface area (Å²) in [5.41, 5.74) is 4.86. The van der Waals surface area contributed by atoms with Gasteiger partial charge in [0, 0.05) is 31.1 Å². The fourth-order valence-electron chi connectivity index (χ4n) is 4.21. The molecule has 0 aliphatic carbocycles. The molecular formula is C26H23N7O4. The lowest BCUT2D eigenvalue weighted by Crippen LogP contribution is -2.21. The number of methoxy groups -OCH3 is 1. The predicted molar refractivity (Wildman–Crippen MR) is 137 cm³/mol. The Labute approximate surface area is 211 Å². The molecule has 11 heteroatoms. The van der Waals surface area contributed by atoms with Gasteiger partial charge in [-0.3, -0.25) is 0 Å². The van der Waals surface area contributed by atoms with Gasteiger partial charge in [-0.2, -0.15) is 9.61 Å². The number of nitrogens with one attached hydrogen (secondary N) is 1. The number of anilines is 2. The second-order valence-corrected chi connectivity index (χ2v) is 8.62. The molecule has 1 unspecified atom stereocenters. The highest BCUT2D eigenvalue weighted by molar-refractivity contribution is 6.02. The molecule has 1 N–H and O–H groups in total. The van der Waals surface area contributed by atoms with E-state index in [0.717, 1.165) is 28.0 Å². The van der Waals surface area contributed by atoms with Gasteiger partial charge in [0.15, 0.2) is 11.7 Å². The van der Waals surface area contributed by atoms with Crippen LogP contribution in [0.5, 0.6) is 11.5 Å². The summed E-state index contributed by atoms with van der Waals surface area (Å²) in [6.45, 7) is 2.08. The number of aryl methyl sites for hydroxylation is 2. The largest absolute Gasteiger partial charge is 0.474 e. The zero-order chi connectivity index (χ0) is 25.5. The topological polar surface area (TPSA) is 117 Å². The van der Waals surface area contributed by atoms with Crippen molar-refractivity contribution in [3.05, 3.63) is 72.3 Å². The van der Waals surface area contributed by atoms with Gasteiger partial charge in [0.25, 0.3) is 0 Å². The first kappa shape index (κ1) is 22.5. The van der Waals surface area contributed by atoms with Crippen molar-refractivity contribution in [2.75, 3.05) is 19.0 Å². The van der Waals surface area contributed by atoms with E-state index in [0.29, 0.717) is 28.7 Å². The number of rotatable bonds is 6. The maximum Gasteiger partial charge on any atom is 0.334 e. The van der Waals surface area contributed by atoms with Crippen LogP contribution in [0.15, 0.2) is 66.2 Å². The predicted octanol–water partition coefficient (Wildman–Crippen LogP) is 3.78. The summed E-state index contributed by atoms with van der Waals surface area (Å²) in [4.78, 5) is 25.2. The summed E-state index contributed by atoms with van der Waals surface area (Å²) >= 11 is 0. The fourth-order valence-corrected chi connectivity index (χ4v) is 4.21. The number of carbonyl (C=O) groups is 1. The lowest BCUT2D eigenvalue weighted by molar-refractivity contribution is -0.142. The molecule has 5 aromatic rings. The van der Waals surface area contributed by atoms with Gasteiger partial charge in [0.05, 0.1) is 36.2 Å². The molecular weight excluding hydrogens is 474 g/mol. The molecule has 0 radical (unpaired) electrons. The molecule has 3 aromatic heterocycles. The monoisotopic (exact) mass is 497 g/mol. The number of aliphatic imine (C=N–C) groups is 1. The van der Waals surface area contributed by atoms with Crippen LogP contribution >= 0.6 is 0 Å². The van der Waals surface area contributed by atoms with E-state index >= 15 is 0 Å². The van der Waals surface area contributed by atoms with Gasteiger partial charge >= 0.3 is 5.97 Å². The summed E-state index contributed by atoms with van der Waals surface area (Å²) < 4.78 is 20.3. The van der Waals surface area contributed by atoms with Crippen LogP contribution in [-0.2, 0) is 21.3 Å². The minimum atomic E-state index is -0.717. The lowest BCUT2D eigenvalue weighted by atomic mass is 10.2. The fraction of sp³-hybridized carbons (Fsp3) is 0.192. The first-order valence-electron chi connectivity index (χ1n) is 11.6. The van der Waals surface area contributed by atoms with Crippen molar-refractivity contribution in [3.63, 3.8) is 0 Å². The van der Waals surface area contributed by atoms with Crippen molar-refractivity contribution >= 4 is 40.1 Å². The average molecular weight is 498 g/mol. The van der Waals surface area contributed by atoms with Crippen LogP contribution in [0.2, 0.25) is 0 Å². The normalized spacial score (nSPS) is 15.0. The van der Waals surface area contributed by atoms with Crippen LogP contribution in [0.4, 0.5) is 11.5 Å². The highest BCUT2D eigenvalue weighted by Gasteiger charge is 2.29. The van der Waals surface area contributed by atoms with Gasteiger partial charge in [-0.15, -0.1) is 0 Å². The molecule has 0 saturated carbocycles. The molecule has 11 nitrogen and oxygen atoms in total. The zero-order valence-electron chi connectivity index (χ0n) is 20.4. The van der Waals surface area contributed by atoms with E-state index in [1.54, 1.807) is 29.3 Å². The Morgan fingerprint density at radius 2 is 2.05 bits per heavy atom. The molecule has 1 aliphatic rings. The standard InChI is InChI=1S/C26H23N7O4/c1-15-10-16(4-7-22(15)37-17-5-6-21-19(11-17)28-14-32(21)2)30-24-18(12-27-23-8-9-29-33(23)24)25-31-20(13-36-25)26(34)35-3/h4-12,14,20,30H,13H2,1-3H3. The smallest absolute Gasteiger partial charge is 0.334 e. The number of benzene rings is 2. The van der Waals surface area contributed by atoms with Crippen molar-refractivity contribution in [1.29, 1.82) is 0 Å². The summed E-state index contributed by atoms with van der Waals surface area (Å²) in [6.07, 6.45) is 5.09. The van der Waals surface area contributed by atoms with E-state index in [1.807, 2.05) is 54.9 Å². The first-order chi connectivity index (χ1) is 18.0. The molecule has 0 spiro atoms. The number of aromatic nitrogens is 5. The van der Waals surface area contributed by atoms with Crippen molar-refractivity contribution in [3.8, 4) is 11.5 Å². The number of nitrogens with zero attached hydrogens (tertiary/aromatic N) is 6. The number of ether oxygens (including phenoxy) is 3. The Kier molecular flexibility index (Phi) is 5.44. The van der Waals surface area contributed by atoms with Crippen LogP contribution in [0.25, 0.3) is 16.7 Å². The van der Waals surface area contributed by atoms with E-state index < -0.39 is 12.0 Å². The molecule has 2 aromatic carbocycles. The van der Waals surface area contributed by atoms with Crippen LogP contribution in [0.1, 0.15) is 11.1 Å². The van der Waals surface area contributed by atoms with Gasteiger partial charge in [-0.05, 0) is 42.8 Å². The average Bonchev–Trinajstić information content (AvgIpc) is 3.66. The van der Waals surface area contributed by atoms with Gasteiger partial charge in [0.1, 0.15) is 23.9 Å². The molecule has 4 heterocycles. The van der Waals surface area contributed by atoms with Gasteiger partial charge < -0.3 is 24.1 Å².